The predicted molar refractivity (Wildman–Crippen MR) is 127 cm³/mol. The third-order valence-corrected chi connectivity index (χ3v) is 6.70. The minimum absolute atomic E-state index is 0.0893. The number of aryl methyl sites for hydroxylation is 1. The lowest BCUT2D eigenvalue weighted by atomic mass is 9.90. The van der Waals surface area contributed by atoms with Gasteiger partial charge in [-0.2, -0.15) is 0 Å². The fourth-order valence-corrected chi connectivity index (χ4v) is 4.69. The third-order valence-electron chi connectivity index (χ3n) is 6.70. The number of rotatable bonds is 7. The van der Waals surface area contributed by atoms with Crippen molar-refractivity contribution >= 4 is 5.91 Å². The van der Waals surface area contributed by atoms with Gasteiger partial charge in [0.1, 0.15) is 17.4 Å². The average molecular weight is 480 g/mol. The van der Waals surface area contributed by atoms with Crippen LogP contribution in [0.25, 0.3) is 11.1 Å². The number of hydrogen-bond acceptors (Lipinski definition) is 4. The van der Waals surface area contributed by atoms with Crippen LogP contribution in [-0.2, 0) is 11.2 Å². The van der Waals surface area contributed by atoms with Crippen LogP contribution < -0.4 is 14.2 Å². The minimum atomic E-state index is -0.671. The predicted octanol–water partition coefficient (Wildman–Crippen LogP) is 5.61. The number of nitrogens with zero attached hydrogens (tertiary/aromatic N) is 1. The highest BCUT2D eigenvalue weighted by Crippen LogP contribution is 2.34. The largest absolute Gasteiger partial charge is 0.483 e. The van der Waals surface area contributed by atoms with Crippen molar-refractivity contribution in [3.05, 3.63) is 77.9 Å². The van der Waals surface area contributed by atoms with Crippen molar-refractivity contribution in [1.29, 1.82) is 0 Å². The van der Waals surface area contributed by atoms with Crippen LogP contribution in [-0.4, -0.2) is 37.3 Å². The molecule has 0 spiro atoms. The Kier molecular flexibility index (Phi) is 6.84. The number of fused-ring (bicyclic) bond motifs is 1. The lowest BCUT2D eigenvalue weighted by molar-refractivity contribution is -0.134. The van der Waals surface area contributed by atoms with Crippen molar-refractivity contribution in [2.24, 2.45) is 5.92 Å². The smallest absolute Gasteiger partial charge is 0.260 e. The van der Waals surface area contributed by atoms with Crippen LogP contribution in [0.15, 0.2) is 60.7 Å². The summed E-state index contributed by atoms with van der Waals surface area (Å²) in [6.07, 6.45) is 3.94. The molecule has 35 heavy (non-hydrogen) atoms. The number of para-hydroxylation sites is 1. The number of halogens is 2. The summed E-state index contributed by atoms with van der Waals surface area (Å²) in [4.78, 5) is 14.6. The highest BCUT2D eigenvalue weighted by atomic mass is 19.1. The molecule has 2 aliphatic heterocycles. The van der Waals surface area contributed by atoms with E-state index >= 15 is 0 Å². The molecule has 0 unspecified atom stereocenters. The number of ether oxygens (including phenoxy) is 3. The van der Waals surface area contributed by atoms with Gasteiger partial charge >= 0.3 is 0 Å². The molecule has 0 N–H and O–H groups in total. The highest BCUT2D eigenvalue weighted by molar-refractivity contribution is 5.78. The van der Waals surface area contributed by atoms with Crippen LogP contribution in [0.5, 0.6) is 17.2 Å². The molecule has 0 radical (unpaired) electrons. The third kappa shape index (κ3) is 5.39. The number of amides is 1. The first-order chi connectivity index (χ1) is 17.1. The number of benzene rings is 3. The molecule has 7 heteroatoms. The fourth-order valence-electron chi connectivity index (χ4n) is 4.69. The normalized spacial score (nSPS) is 15.3. The van der Waals surface area contributed by atoms with Gasteiger partial charge in [0.15, 0.2) is 18.1 Å². The maximum absolute atomic E-state index is 14.3. The maximum Gasteiger partial charge on any atom is 0.260 e. The molecular weight excluding hydrogens is 452 g/mol. The minimum Gasteiger partial charge on any atom is -0.483 e. The Bertz CT molecular complexity index is 1210. The first-order valence-electron chi connectivity index (χ1n) is 11.9. The Hall–Kier alpha value is -3.61. The first kappa shape index (κ1) is 23.1. The standard InChI is InChI=1S/C28H27F2NO4/c29-21-8-9-22(24(30)16-21)23-3-1-2-4-25(23)33-17-28(32)31-13-11-19(12-14-31)5-6-20-7-10-26-27(15-20)35-18-34-26/h1-4,7-10,15-16,19H,5-6,11-14,17-18H2. The van der Waals surface area contributed by atoms with E-state index in [-0.39, 0.29) is 24.9 Å². The van der Waals surface area contributed by atoms with E-state index in [1.165, 1.54) is 17.7 Å². The fraction of sp³-hybridized carbons (Fsp3) is 0.321. The second-order valence-corrected chi connectivity index (χ2v) is 8.96. The van der Waals surface area contributed by atoms with Gasteiger partial charge in [-0.25, -0.2) is 8.78 Å². The van der Waals surface area contributed by atoms with Crippen molar-refractivity contribution < 1.29 is 27.8 Å². The Morgan fingerprint density at radius 2 is 1.74 bits per heavy atom. The summed E-state index contributed by atoms with van der Waals surface area (Å²) < 4.78 is 44.2. The van der Waals surface area contributed by atoms with E-state index in [9.17, 15) is 13.6 Å². The van der Waals surface area contributed by atoms with E-state index in [1.54, 1.807) is 24.3 Å². The van der Waals surface area contributed by atoms with Gasteiger partial charge in [-0.15, -0.1) is 0 Å². The van der Waals surface area contributed by atoms with Crippen molar-refractivity contribution in [3.8, 4) is 28.4 Å². The molecule has 0 aromatic heterocycles. The molecule has 5 nitrogen and oxygen atoms in total. The summed E-state index contributed by atoms with van der Waals surface area (Å²) in [5, 5.41) is 0. The maximum atomic E-state index is 14.3. The topological polar surface area (TPSA) is 48.0 Å². The van der Waals surface area contributed by atoms with Gasteiger partial charge in [0.2, 0.25) is 6.79 Å². The summed E-state index contributed by atoms with van der Waals surface area (Å²) in [7, 11) is 0. The number of piperidine rings is 1. The lowest BCUT2D eigenvalue weighted by Crippen LogP contribution is -2.41. The number of carbonyl (C=O) groups excluding carboxylic acids is 1. The molecule has 3 aromatic carbocycles. The van der Waals surface area contributed by atoms with Crippen LogP contribution in [0.3, 0.4) is 0 Å². The summed E-state index contributed by atoms with van der Waals surface area (Å²) in [5.41, 5.74) is 1.95. The van der Waals surface area contributed by atoms with Gasteiger partial charge in [0.25, 0.3) is 5.91 Å². The molecule has 1 fully saturated rings. The molecule has 0 atom stereocenters. The zero-order valence-corrected chi connectivity index (χ0v) is 19.3. The van der Waals surface area contributed by atoms with Crippen molar-refractivity contribution in [2.45, 2.75) is 25.7 Å². The van der Waals surface area contributed by atoms with Crippen molar-refractivity contribution in [2.75, 3.05) is 26.5 Å². The summed E-state index contributed by atoms with van der Waals surface area (Å²) in [6, 6.07) is 16.4. The van der Waals surface area contributed by atoms with Gasteiger partial charge in [0.05, 0.1) is 0 Å². The zero-order valence-electron chi connectivity index (χ0n) is 19.3. The molecule has 0 saturated carbocycles. The molecule has 1 amide bonds. The summed E-state index contributed by atoms with van der Waals surface area (Å²) in [5.74, 6) is 1.17. The molecule has 2 aliphatic rings. The van der Waals surface area contributed by atoms with Crippen molar-refractivity contribution in [3.63, 3.8) is 0 Å². The molecule has 0 bridgehead atoms. The Morgan fingerprint density at radius 1 is 0.943 bits per heavy atom. The molecular formula is C28H27F2NO4. The number of likely N-dealkylation sites (tertiary alicyclic amines) is 1. The van der Waals surface area contributed by atoms with Crippen molar-refractivity contribution in [1.82, 2.24) is 4.90 Å². The molecule has 182 valence electrons. The van der Waals surface area contributed by atoms with E-state index in [4.69, 9.17) is 14.2 Å². The average Bonchev–Trinajstić information content (AvgIpc) is 3.35. The van der Waals surface area contributed by atoms with E-state index in [0.717, 1.165) is 43.2 Å². The van der Waals surface area contributed by atoms with Crippen LogP contribution in [0.1, 0.15) is 24.8 Å². The Balaban J connectivity index is 1.11. The van der Waals surface area contributed by atoms with Crippen LogP contribution in [0.2, 0.25) is 0 Å². The van der Waals surface area contributed by atoms with Crippen LogP contribution in [0.4, 0.5) is 8.78 Å². The molecule has 3 aromatic rings. The van der Waals surface area contributed by atoms with Gasteiger partial charge in [-0.1, -0.05) is 24.3 Å². The molecule has 5 rings (SSSR count). The van der Waals surface area contributed by atoms with Gasteiger partial charge in [-0.05, 0) is 67.5 Å². The molecule has 0 aliphatic carbocycles. The van der Waals surface area contributed by atoms with Crippen LogP contribution >= 0.6 is 0 Å². The molecule has 2 heterocycles. The Morgan fingerprint density at radius 3 is 2.57 bits per heavy atom. The highest BCUT2D eigenvalue weighted by Gasteiger charge is 2.24. The summed E-state index contributed by atoms with van der Waals surface area (Å²) in [6.45, 7) is 1.55. The monoisotopic (exact) mass is 479 g/mol. The Labute approximate surface area is 203 Å². The van der Waals surface area contributed by atoms with Crippen LogP contribution in [0, 0.1) is 17.6 Å². The quantitative estimate of drug-likeness (QED) is 0.442. The second-order valence-electron chi connectivity index (χ2n) is 8.96. The van der Waals surface area contributed by atoms with E-state index in [0.29, 0.717) is 30.3 Å². The van der Waals surface area contributed by atoms with Gasteiger partial charge < -0.3 is 19.1 Å². The SMILES string of the molecule is O=C(COc1ccccc1-c1ccc(F)cc1F)N1CCC(CCc2ccc3c(c2)OCO3)CC1. The van der Waals surface area contributed by atoms with E-state index in [1.807, 2.05) is 17.0 Å². The molecule has 1 saturated heterocycles. The second kappa shape index (κ2) is 10.3. The van der Waals surface area contributed by atoms with Gasteiger partial charge in [0, 0.05) is 30.3 Å². The first-order valence-corrected chi connectivity index (χ1v) is 11.9. The van der Waals surface area contributed by atoms with E-state index in [2.05, 4.69) is 6.07 Å². The lowest BCUT2D eigenvalue weighted by Gasteiger charge is -2.32. The van der Waals surface area contributed by atoms with E-state index < -0.39 is 11.6 Å². The zero-order chi connectivity index (χ0) is 24.2. The van der Waals surface area contributed by atoms with Gasteiger partial charge in [-0.3, -0.25) is 4.79 Å². The number of carbonyl (C=O) groups is 1. The summed E-state index contributed by atoms with van der Waals surface area (Å²) >= 11 is 0. The number of hydrogen-bond donors (Lipinski definition) is 0.